The second kappa shape index (κ2) is 17.3. The van der Waals surface area contributed by atoms with Gasteiger partial charge in [-0.15, -0.1) is 21.5 Å². The summed E-state index contributed by atoms with van der Waals surface area (Å²) < 4.78 is 11.7. The van der Waals surface area contributed by atoms with Crippen LogP contribution in [0.1, 0.15) is 80.6 Å². The van der Waals surface area contributed by atoms with Crippen LogP contribution in [-0.4, -0.2) is 102 Å². The van der Waals surface area contributed by atoms with Crippen molar-refractivity contribution in [2.45, 2.75) is 77.0 Å². The van der Waals surface area contributed by atoms with Crippen molar-refractivity contribution in [3.05, 3.63) is 95.0 Å². The summed E-state index contributed by atoms with van der Waals surface area (Å²) in [4.78, 5) is 40.7. The maximum Gasteiger partial charge on any atom is 0.254 e. The number of benzene rings is 2. The van der Waals surface area contributed by atoms with Crippen molar-refractivity contribution in [3.8, 4) is 33.3 Å². The Balaban J connectivity index is 0.831. The Morgan fingerprint density at radius 2 is 1.83 bits per heavy atom. The fraction of sp³-hybridized carbons (Fsp3) is 0.409. The minimum absolute atomic E-state index is 0.0561. The van der Waals surface area contributed by atoms with Gasteiger partial charge in [0.2, 0.25) is 11.8 Å². The molecule has 0 aliphatic carbocycles. The number of phenolic OH excluding ortho intramolecular Hbond substituents is 1. The van der Waals surface area contributed by atoms with Gasteiger partial charge < -0.3 is 34.7 Å². The molecule has 0 spiro atoms. The Kier molecular flexibility index (Phi) is 11.8. The number of H-pyrrole nitrogens is 1. The summed E-state index contributed by atoms with van der Waals surface area (Å²) in [6.45, 7) is 10.7. The third-order valence-corrected chi connectivity index (χ3v) is 12.6. The summed E-state index contributed by atoms with van der Waals surface area (Å²) in [5.41, 5.74) is 8.92. The van der Waals surface area contributed by atoms with Gasteiger partial charge in [-0.2, -0.15) is 0 Å². The molecule has 2 aliphatic rings. The fourth-order valence-electron chi connectivity index (χ4n) is 8.34. The lowest BCUT2D eigenvalue weighted by Crippen LogP contribution is -2.48. The summed E-state index contributed by atoms with van der Waals surface area (Å²) in [6.07, 6.45) is 1.28. The molecule has 2 saturated heterocycles. The predicted octanol–water partition coefficient (Wildman–Crippen LogP) is 6.59. The van der Waals surface area contributed by atoms with Gasteiger partial charge in [-0.1, -0.05) is 50.2 Å². The molecule has 308 valence electrons. The number of fused-ring (bicyclic) bond motifs is 1. The lowest BCUT2D eigenvalue weighted by Gasteiger charge is -2.31. The minimum atomic E-state index is -0.823. The lowest BCUT2D eigenvalue weighted by molar-refractivity contribution is -0.141. The molecular formula is C44H50N8O6S. The molecule has 2 aromatic carbocycles. The Morgan fingerprint density at radius 1 is 1.05 bits per heavy atom. The molecule has 0 saturated carbocycles. The van der Waals surface area contributed by atoms with E-state index in [0.29, 0.717) is 42.0 Å². The van der Waals surface area contributed by atoms with Crippen molar-refractivity contribution in [1.29, 1.82) is 0 Å². The van der Waals surface area contributed by atoms with E-state index in [9.17, 15) is 19.8 Å². The molecule has 6 heterocycles. The topological polar surface area (TPSA) is 183 Å². The first-order chi connectivity index (χ1) is 28.5. The number of para-hydroxylation sites is 1. The maximum atomic E-state index is 14.2. The number of phenols is 1. The number of aromatic nitrogens is 5. The van der Waals surface area contributed by atoms with Crippen molar-refractivity contribution < 1.29 is 29.1 Å². The number of hydrogen-bond acceptors (Lipinski definition) is 12. The number of aromatic hydroxyl groups is 1. The molecule has 4 atom stereocenters. The molecule has 2 amide bonds. The molecule has 4 N–H and O–H groups in total. The maximum absolute atomic E-state index is 14.2. The van der Waals surface area contributed by atoms with Crippen LogP contribution in [0.15, 0.2) is 76.8 Å². The Bertz CT molecular complexity index is 2400. The number of aromatic amines is 1. The predicted molar refractivity (Wildman–Crippen MR) is 224 cm³/mol. The SMILES string of the molecule is Cc1ncsc1-c1ccc(C(C)NC(=O)[C@@H]2C[C@@H](O)CN2C(=O)C(c2cc(OCCN3CCC(c4cc5nnc(-c6ccccc6O)cc5[nH]4)CC3)no2)C(C)C)cc1. The summed E-state index contributed by atoms with van der Waals surface area (Å²) in [7, 11) is 0. The first-order valence-electron chi connectivity index (χ1n) is 20.3. The van der Waals surface area contributed by atoms with Crippen molar-refractivity contribution in [3.63, 3.8) is 0 Å². The van der Waals surface area contributed by atoms with Gasteiger partial charge in [-0.25, -0.2) is 4.98 Å². The fourth-order valence-corrected chi connectivity index (χ4v) is 9.15. The second-order valence-corrected chi connectivity index (χ2v) is 16.9. The smallest absolute Gasteiger partial charge is 0.254 e. The average molecular weight is 819 g/mol. The first-order valence-corrected chi connectivity index (χ1v) is 21.2. The highest BCUT2D eigenvalue weighted by molar-refractivity contribution is 7.13. The van der Waals surface area contributed by atoms with Gasteiger partial charge in [0.1, 0.15) is 29.8 Å². The standard InChI is InChI=1S/C44H50N8O6S/c1-25(2)41(44(56)52-23-31(53)19-37(52)43(55)46-26(3)28-9-11-30(12-10-28)42-27(4)45-24-59-42)39-22-40(50-58-39)57-18-17-51-15-13-29(14-16-51)33-20-36-35(47-33)21-34(48-49-36)32-7-5-6-8-38(32)54/h5-12,20-22,24-26,29,31,37,41,47,53-54H,13-19,23H2,1-4H3,(H,46,55)/t26?,31-,37+,41?/m1/s1. The van der Waals surface area contributed by atoms with E-state index >= 15 is 0 Å². The number of nitrogens with zero attached hydrogens (tertiary/aromatic N) is 6. The molecule has 4 aromatic heterocycles. The molecule has 14 nitrogen and oxygen atoms in total. The lowest BCUT2D eigenvalue weighted by atomic mass is 9.91. The number of β-amino-alcohol motifs (C(OH)–C–C–N with tert-alkyl or cyclic N) is 1. The number of nitrogens with one attached hydrogen (secondary N) is 2. The number of rotatable bonds is 13. The number of likely N-dealkylation sites (tertiary alicyclic amines) is 2. The Morgan fingerprint density at radius 3 is 2.56 bits per heavy atom. The van der Waals surface area contributed by atoms with E-state index in [4.69, 9.17) is 9.26 Å². The molecule has 0 bridgehead atoms. The number of thiazole rings is 1. The highest BCUT2D eigenvalue weighted by Gasteiger charge is 2.43. The molecule has 2 unspecified atom stereocenters. The van der Waals surface area contributed by atoms with E-state index in [1.807, 2.05) is 75.7 Å². The summed E-state index contributed by atoms with van der Waals surface area (Å²) in [5.74, 6) is -0.295. The summed E-state index contributed by atoms with van der Waals surface area (Å²) in [6, 6.07) is 19.7. The highest BCUT2D eigenvalue weighted by atomic mass is 32.1. The quantitative estimate of drug-likeness (QED) is 0.0987. The van der Waals surface area contributed by atoms with Crippen LogP contribution in [0.2, 0.25) is 0 Å². The van der Waals surface area contributed by atoms with Crippen molar-refractivity contribution in [1.82, 2.24) is 40.4 Å². The largest absolute Gasteiger partial charge is 0.507 e. The number of carbonyl (C=O) groups is 2. The minimum Gasteiger partial charge on any atom is -0.507 e. The molecule has 59 heavy (non-hydrogen) atoms. The summed E-state index contributed by atoms with van der Waals surface area (Å²) >= 11 is 1.59. The van der Waals surface area contributed by atoms with Crippen LogP contribution in [0.3, 0.4) is 0 Å². The third-order valence-electron chi connectivity index (χ3n) is 11.6. The molecular weight excluding hydrogens is 769 g/mol. The van der Waals surface area contributed by atoms with Crippen LogP contribution in [0.5, 0.6) is 11.6 Å². The van der Waals surface area contributed by atoms with Crippen LogP contribution < -0.4 is 10.1 Å². The zero-order valence-electron chi connectivity index (χ0n) is 33.7. The molecule has 15 heteroatoms. The number of ether oxygens (including phenoxy) is 1. The number of piperidine rings is 1. The van der Waals surface area contributed by atoms with E-state index in [2.05, 4.69) is 41.6 Å². The number of aliphatic hydroxyl groups is 1. The van der Waals surface area contributed by atoms with E-state index in [0.717, 1.165) is 64.4 Å². The third kappa shape index (κ3) is 8.73. The first kappa shape index (κ1) is 40.2. The van der Waals surface area contributed by atoms with Crippen LogP contribution in [0.4, 0.5) is 0 Å². The van der Waals surface area contributed by atoms with Crippen molar-refractivity contribution in [2.75, 3.05) is 32.8 Å². The van der Waals surface area contributed by atoms with E-state index in [1.54, 1.807) is 29.5 Å². The molecule has 0 radical (unpaired) electrons. The number of hydrogen-bond donors (Lipinski definition) is 4. The molecule has 6 aromatic rings. The van der Waals surface area contributed by atoms with Gasteiger partial charge in [-0.05, 0) is 86.2 Å². The van der Waals surface area contributed by atoms with E-state index < -0.39 is 18.1 Å². The van der Waals surface area contributed by atoms with Gasteiger partial charge in [-0.3, -0.25) is 14.5 Å². The monoisotopic (exact) mass is 818 g/mol. The van der Waals surface area contributed by atoms with Crippen LogP contribution >= 0.6 is 11.3 Å². The molecule has 2 fully saturated rings. The number of aliphatic hydroxyl groups excluding tert-OH is 1. The van der Waals surface area contributed by atoms with Gasteiger partial charge in [0.15, 0.2) is 5.76 Å². The van der Waals surface area contributed by atoms with Gasteiger partial charge in [0, 0.05) is 42.8 Å². The molecule has 8 rings (SSSR count). The number of carbonyl (C=O) groups excluding carboxylic acids is 2. The van der Waals surface area contributed by atoms with Gasteiger partial charge in [0.05, 0.1) is 39.4 Å². The van der Waals surface area contributed by atoms with Crippen LogP contribution in [-0.2, 0) is 9.59 Å². The van der Waals surface area contributed by atoms with Crippen molar-refractivity contribution in [2.24, 2.45) is 5.92 Å². The highest BCUT2D eigenvalue weighted by Crippen LogP contribution is 2.35. The van der Waals surface area contributed by atoms with Crippen LogP contribution in [0, 0.1) is 12.8 Å². The van der Waals surface area contributed by atoms with E-state index in [-0.39, 0.29) is 42.5 Å². The average Bonchev–Trinajstić information content (AvgIpc) is 4.05. The van der Waals surface area contributed by atoms with Crippen LogP contribution in [0.25, 0.3) is 32.7 Å². The zero-order chi connectivity index (χ0) is 41.2. The number of aryl methyl sites for hydroxylation is 1. The van der Waals surface area contributed by atoms with Gasteiger partial charge >= 0.3 is 0 Å². The van der Waals surface area contributed by atoms with E-state index in [1.165, 1.54) is 4.90 Å². The Hall–Kier alpha value is -5.64. The van der Waals surface area contributed by atoms with Gasteiger partial charge in [0.25, 0.3) is 5.88 Å². The second-order valence-electron chi connectivity index (χ2n) is 16.0. The normalized spacial score (nSPS) is 18.7. The zero-order valence-corrected chi connectivity index (χ0v) is 34.5. The molecule has 2 aliphatic heterocycles. The number of amides is 2. The Labute approximate surface area is 346 Å². The van der Waals surface area contributed by atoms with Crippen molar-refractivity contribution >= 4 is 34.2 Å². The summed E-state index contributed by atoms with van der Waals surface area (Å²) in [5, 5.41) is 36.9.